The summed E-state index contributed by atoms with van der Waals surface area (Å²) in [6.07, 6.45) is 2.62. The molecule has 0 fully saturated rings. The molecule has 238 valence electrons. The van der Waals surface area contributed by atoms with E-state index < -0.39 is 36.5 Å². The summed E-state index contributed by atoms with van der Waals surface area (Å²) in [5.41, 5.74) is 0. The standard InChI is InChI=1S/4C6H9NO3.2Rh/c2*1-10-6(9)4-2-3-5(8)7-4;2*1-4(8)10-6-3-2-5(9)7-6;;/h2*4H,2-3H2,1H3,(H,7,8);2*6H,2-3H2,1H3,(H,7,9);;/q;;;;2*+2/p-4. The number of hydrogen-bond acceptors (Lipinski definition) is 16. The van der Waals surface area contributed by atoms with Crippen molar-refractivity contribution in [3.8, 4) is 0 Å². The smallest absolute Gasteiger partial charge is 0.862 e. The Morgan fingerprint density at radius 3 is 1.05 bits per heavy atom. The minimum atomic E-state index is -0.530. The number of methoxy groups -OCH3 is 2. The third-order valence-electron chi connectivity index (χ3n) is 5.20. The summed E-state index contributed by atoms with van der Waals surface area (Å²) in [6.45, 7) is 2.61. The van der Waals surface area contributed by atoms with Crippen LogP contribution in [0.2, 0.25) is 0 Å². The molecule has 0 aromatic rings. The average molecular weight is 774 g/mol. The van der Waals surface area contributed by atoms with Crippen LogP contribution in [0.1, 0.15) is 65.2 Å². The zero-order chi connectivity index (χ0) is 30.2. The summed E-state index contributed by atoms with van der Waals surface area (Å²) in [6, 6.07) is -1.06. The second-order valence-corrected chi connectivity index (χ2v) is 8.45. The molecule has 4 rings (SSSR count). The zero-order valence-corrected chi connectivity index (χ0v) is 26.6. The summed E-state index contributed by atoms with van der Waals surface area (Å²) >= 11 is 0. The van der Waals surface area contributed by atoms with Crippen LogP contribution < -0.4 is 20.4 Å². The van der Waals surface area contributed by atoms with Crippen LogP contribution in [0.15, 0.2) is 20.0 Å². The van der Waals surface area contributed by atoms with E-state index >= 15 is 0 Å². The molecule has 4 heterocycles. The molecule has 4 atom stereocenters. The molecule has 0 saturated carbocycles. The van der Waals surface area contributed by atoms with E-state index in [0.29, 0.717) is 51.4 Å². The van der Waals surface area contributed by atoms with Crippen LogP contribution in [0.25, 0.3) is 0 Å². The number of aliphatic imine (C=N–C) groups is 4. The Bertz CT molecular complexity index is 955. The third kappa shape index (κ3) is 17.1. The molecule has 0 aromatic carbocycles. The molecule has 4 aliphatic heterocycles. The first kappa shape index (κ1) is 41.1. The summed E-state index contributed by atoms with van der Waals surface area (Å²) in [5, 5.41) is 42.0. The van der Waals surface area contributed by atoms with Gasteiger partial charge in [-0.25, -0.2) is 9.59 Å². The van der Waals surface area contributed by atoms with Crippen molar-refractivity contribution in [2.24, 2.45) is 20.0 Å². The summed E-state index contributed by atoms with van der Waals surface area (Å²) < 4.78 is 18.1. The minimum Gasteiger partial charge on any atom is -0.862 e. The average Bonchev–Trinajstić information content (AvgIpc) is 3.69. The Morgan fingerprint density at radius 1 is 0.571 bits per heavy atom. The van der Waals surface area contributed by atoms with Crippen molar-refractivity contribution < 1.29 is 97.5 Å². The van der Waals surface area contributed by atoms with E-state index in [1.165, 1.54) is 28.1 Å². The Kier molecular flexibility index (Phi) is 21.2. The molecule has 0 aliphatic carbocycles. The molecular weight excluding hydrogens is 742 g/mol. The zero-order valence-electron chi connectivity index (χ0n) is 23.3. The normalized spacial score (nSPS) is 23.0. The molecule has 0 aromatic heterocycles. The predicted octanol–water partition coefficient (Wildman–Crippen LogP) is -2.99. The van der Waals surface area contributed by atoms with Crippen LogP contribution in [0.3, 0.4) is 0 Å². The Labute approximate surface area is 268 Å². The van der Waals surface area contributed by atoms with E-state index in [2.05, 4.69) is 38.9 Å². The van der Waals surface area contributed by atoms with Crippen LogP contribution in [-0.4, -0.2) is 86.2 Å². The minimum absolute atomic E-state index is 0. The molecule has 18 heteroatoms. The number of carbonyl (C=O) groups excluding carboxylic acids is 4. The van der Waals surface area contributed by atoms with Crippen molar-refractivity contribution >= 4 is 47.5 Å². The third-order valence-corrected chi connectivity index (χ3v) is 5.20. The summed E-state index contributed by atoms with van der Waals surface area (Å²) in [5.74, 6) is -2.34. The van der Waals surface area contributed by atoms with Gasteiger partial charge in [0.15, 0.2) is 12.5 Å². The van der Waals surface area contributed by atoms with Gasteiger partial charge in [0, 0.05) is 26.7 Å². The largest absolute Gasteiger partial charge is 2.00 e. The van der Waals surface area contributed by atoms with Gasteiger partial charge < -0.3 is 39.4 Å². The van der Waals surface area contributed by atoms with E-state index in [9.17, 15) is 39.6 Å². The van der Waals surface area contributed by atoms with E-state index in [1.54, 1.807) is 0 Å². The molecule has 0 saturated heterocycles. The molecule has 42 heavy (non-hydrogen) atoms. The van der Waals surface area contributed by atoms with Crippen LogP contribution in [0, 0.1) is 0 Å². The second kappa shape index (κ2) is 21.7. The summed E-state index contributed by atoms with van der Waals surface area (Å²) in [7, 11) is 2.58. The van der Waals surface area contributed by atoms with Crippen LogP contribution in [0.4, 0.5) is 0 Å². The quantitative estimate of drug-likeness (QED) is 0.158. The molecule has 0 N–H and O–H groups in total. The Morgan fingerprint density at radius 2 is 0.857 bits per heavy atom. The van der Waals surface area contributed by atoms with E-state index in [0.717, 1.165) is 0 Å². The van der Waals surface area contributed by atoms with Crippen molar-refractivity contribution in [2.45, 2.75) is 89.8 Å². The van der Waals surface area contributed by atoms with E-state index in [4.69, 9.17) is 0 Å². The fourth-order valence-electron chi connectivity index (χ4n) is 3.37. The maximum Gasteiger partial charge on any atom is 2.00 e. The van der Waals surface area contributed by atoms with Crippen molar-refractivity contribution in [3.05, 3.63) is 0 Å². The number of hydrogen-bond donors (Lipinski definition) is 0. The fraction of sp³-hybridized carbons (Fsp3) is 0.667. The van der Waals surface area contributed by atoms with Crippen molar-refractivity contribution in [1.82, 2.24) is 0 Å². The van der Waals surface area contributed by atoms with Gasteiger partial charge in [0.05, 0.1) is 14.2 Å². The van der Waals surface area contributed by atoms with Gasteiger partial charge in [-0.3, -0.25) is 29.6 Å². The van der Waals surface area contributed by atoms with Gasteiger partial charge in [-0.2, -0.15) is 0 Å². The first-order chi connectivity index (χ1) is 18.8. The van der Waals surface area contributed by atoms with Crippen LogP contribution >= 0.6 is 0 Å². The van der Waals surface area contributed by atoms with Gasteiger partial charge in [-0.05, 0) is 62.1 Å². The van der Waals surface area contributed by atoms with E-state index in [1.807, 2.05) is 0 Å². The Balaban J connectivity index is 0. The fourth-order valence-corrected chi connectivity index (χ4v) is 3.37. The van der Waals surface area contributed by atoms with Crippen LogP contribution in [0.5, 0.6) is 0 Å². The second-order valence-electron chi connectivity index (χ2n) is 8.45. The molecule has 2 radical (unpaired) electrons. The number of esters is 4. The van der Waals surface area contributed by atoms with Gasteiger partial charge in [0.2, 0.25) is 0 Å². The molecule has 16 nitrogen and oxygen atoms in total. The van der Waals surface area contributed by atoms with Crippen molar-refractivity contribution in [3.63, 3.8) is 0 Å². The monoisotopic (exact) mass is 774 g/mol. The molecule has 0 amide bonds. The van der Waals surface area contributed by atoms with Gasteiger partial charge in [0.1, 0.15) is 12.1 Å². The maximum absolute atomic E-state index is 10.7. The Hall–Kier alpha value is -2.99. The van der Waals surface area contributed by atoms with Gasteiger partial charge in [-0.15, -0.1) is 0 Å². The molecule has 0 bridgehead atoms. The van der Waals surface area contributed by atoms with Crippen molar-refractivity contribution in [2.75, 3.05) is 14.2 Å². The van der Waals surface area contributed by atoms with Crippen LogP contribution in [-0.2, 0) is 77.1 Å². The molecule has 4 aliphatic rings. The first-order valence-electron chi connectivity index (χ1n) is 12.3. The first-order valence-corrected chi connectivity index (χ1v) is 12.3. The van der Waals surface area contributed by atoms with Crippen molar-refractivity contribution in [1.29, 1.82) is 0 Å². The number of carbonyl (C=O) groups is 4. The maximum atomic E-state index is 10.7. The number of rotatable bonds is 4. The topological polar surface area (TPSA) is 247 Å². The summed E-state index contributed by atoms with van der Waals surface area (Å²) in [4.78, 5) is 56.2. The SMILES string of the molecule is CC(=O)OC1CCC([O-])=N1.CC(=O)OC1CCC([O-])=N1.COC(=O)C1CCC([O-])=N1.COC(=O)C1CCC([O-])=N1.[Rh+2].[Rh+2]. The van der Waals surface area contributed by atoms with Gasteiger partial charge in [0.25, 0.3) is 0 Å². The molecule has 4 unspecified atom stereocenters. The molecular formula is C24H32N4O12Rh2. The number of ether oxygens (including phenoxy) is 4. The predicted molar refractivity (Wildman–Crippen MR) is 129 cm³/mol. The van der Waals surface area contributed by atoms with Gasteiger partial charge >= 0.3 is 62.8 Å². The number of nitrogens with zero attached hydrogens (tertiary/aromatic N) is 4. The molecule has 0 spiro atoms. The van der Waals surface area contributed by atoms with E-state index in [-0.39, 0.29) is 74.5 Å². The van der Waals surface area contributed by atoms with Gasteiger partial charge in [-0.1, -0.05) is 0 Å².